The largest absolute Gasteiger partial charge is 0.480 e. The Labute approximate surface area is 139 Å². The van der Waals surface area contributed by atoms with E-state index in [1.807, 2.05) is 0 Å². The van der Waals surface area contributed by atoms with Crippen LogP contribution < -0.4 is 11.1 Å². The molecule has 2 aromatic rings. The minimum absolute atomic E-state index is 0.274. The summed E-state index contributed by atoms with van der Waals surface area (Å²) in [4.78, 5) is 28.6. The lowest BCUT2D eigenvalue weighted by Gasteiger charge is -2.08. The van der Waals surface area contributed by atoms with Crippen molar-refractivity contribution in [3.63, 3.8) is 0 Å². The SMILES string of the molecule is C[C@H](Nc1ccccn1)C(=O)O.N[C@H](Cc1ccccn1)C(=O)O. The number of nitrogens with two attached hydrogens (primary N) is 1. The van der Waals surface area contributed by atoms with Crippen molar-refractivity contribution in [2.45, 2.75) is 25.4 Å². The first-order valence-electron chi connectivity index (χ1n) is 7.18. The molecule has 8 heteroatoms. The number of carbonyl (C=O) groups is 2. The minimum atomic E-state index is -0.999. The zero-order valence-electron chi connectivity index (χ0n) is 13.2. The molecule has 0 bridgehead atoms. The zero-order valence-corrected chi connectivity index (χ0v) is 13.2. The van der Waals surface area contributed by atoms with Gasteiger partial charge in [-0.3, -0.25) is 14.6 Å². The molecule has 0 aliphatic rings. The highest BCUT2D eigenvalue weighted by molar-refractivity contribution is 5.76. The number of hydrogen-bond donors (Lipinski definition) is 4. The van der Waals surface area contributed by atoms with E-state index in [1.54, 1.807) is 55.7 Å². The number of nitrogens with one attached hydrogen (secondary N) is 1. The van der Waals surface area contributed by atoms with E-state index < -0.39 is 24.0 Å². The normalized spacial score (nSPS) is 12.2. The molecule has 0 fully saturated rings. The summed E-state index contributed by atoms with van der Waals surface area (Å²) in [5.41, 5.74) is 6.01. The van der Waals surface area contributed by atoms with Crippen molar-refractivity contribution in [2.24, 2.45) is 5.73 Å². The van der Waals surface area contributed by atoms with Crippen molar-refractivity contribution in [2.75, 3.05) is 5.32 Å². The van der Waals surface area contributed by atoms with Crippen molar-refractivity contribution in [3.8, 4) is 0 Å². The van der Waals surface area contributed by atoms with Crippen LogP contribution in [0.25, 0.3) is 0 Å². The molecule has 2 heterocycles. The van der Waals surface area contributed by atoms with Crippen LogP contribution in [0.5, 0.6) is 0 Å². The summed E-state index contributed by atoms with van der Waals surface area (Å²) in [6.07, 6.45) is 3.50. The van der Waals surface area contributed by atoms with Gasteiger partial charge in [0.05, 0.1) is 0 Å². The molecule has 0 aliphatic carbocycles. The summed E-state index contributed by atoms with van der Waals surface area (Å²) in [6.45, 7) is 1.57. The average Bonchev–Trinajstić information content (AvgIpc) is 2.57. The molecule has 0 saturated carbocycles. The Hall–Kier alpha value is -3.00. The van der Waals surface area contributed by atoms with Gasteiger partial charge >= 0.3 is 11.9 Å². The van der Waals surface area contributed by atoms with Crippen LogP contribution in [0.15, 0.2) is 48.8 Å². The lowest BCUT2D eigenvalue weighted by Crippen LogP contribution is -2.32. The lowest BCUT2D eigenvalue weighted by atomic mass is 10.1. The maximum Gasteiger partial charge on any atom is 0.325 e. The number of rotatable bonds is 6. The third-order valence-electron chi connectivity index (χ3n) is 2.87. The molecule has 5 N–H and O–H groups in total. The summed E-state index contributed by atoms with van der Waals surface area (Å²) in [6, 6.07) is 9.15. The number of aromatic nitrogens is 2. The summed E-state index contributed by atoms with van der Waals surface area (Å²) >= 11 is 0. The number of hydrogen-bond acceptors (Lipinski definition) is 6. The van der Waals surface area contributed by atoms with Gasteiger partial charge in [-0.25, -0.2) is 4.98 Å². The molecule has 0 radical (unpaired) electrons. The standard InChI is InChI=1S/2C8H10N2O2/c1-6(8(11)12)10-7-4-2-3-5-9-7;9-7(8(11)12)5-6-3-1-2-4-10-6/h2-6H,1H3,(H,9,10)(H,11,12);1-4,7H,5,9H2,(H,11,12)/t6-;7-/m01/s1. The molecule has 0 amide bonds. The maximum atomic E-state index is 10.4. The van der Waals surface area contributed by atoms with Gasteiger partial charge in [-0.15, -0.1) is 0 Å². The third-order valence-corrected chi connectivity index (χ3v) is 2.87. The quantitative estimate of drug-likeness (QED) is 0.614. The molecule has 0 spiro atoms. The van der Waals surface area contributed by atoms with Gasteiger partial charge in [-0.1, -0.05) is 12.1 Å². The molecule has 2 aromatic heterocycles. The fraction of sp³-hybridized carbons (Fsp3) is 0.250. The Morgan fingerprint density at radius 3 is 2.17 bits per heavy atom. The first-order valence-corrected chi connectivity index (χ1v) is 7.18. The van der Waals surface area contributed by atoms with Crippen LogP contribution in [0, 0.1) is 0 Å². The average molecular weight is 332 g/mol. The Kier molecular flexibility index (Phi) is 7.86. The van der Waals surface area contributed by atoms with E-state index >= 15 is 0 Å². The Balaban J connectivity index is 0.000000240. The van der Waals surface area contributed by atoms with E-state index in [0.29, 0.717) is 11.5 Å². The Morgan fingerprint density at radius 1 is 1.08 bits per heavy atom. The lowest BCUT2D eigenvalue weighted by molar-refractivity contribution is -0.139. The number of carboxylic acid groups (broad SMARTS) is 2. The van der Waals surface area contributed by atoms with Crippen molar-refractivity contribution in [1.82, 2.24) is 9.97 Å². The van der Waals surface area contributed by atoms with Crippen LogP contribution in [-0.2, 0) is 16.0 Å². The molecular formula is C16H20N4O4. The van der Waals surface area contributed by atoms with E-state index in [1.165, 1.54) is 0 Å². The van der Waals surface area contributed by atoms with E-state index in [4.69, 9.17) is 15.9 Å². The second-order valence-corrected chi connectivity index (χ2v) is 4.89. The van der Waals surface area contributed by atoms with E-state index in [-0.39, 0.29) is 6.42 Å². The van der Waals surface area contributed by atoms with Gasteiger partial charge in [0.1, 0.15) is 17.9 Å². The molecule has 0 saturated heterocycles. The minimum Gasteiger partial charge on any atom is -0.480 e. The third kappa shape index (κ3) is 7.32. The van der Waals surface area contributed by atoms with Gasteiger partial charge in [-0.2, -0.15) is 0 Å². The van der Waals surface area contributed by atoms with Gasteiger partial charge in [-0.05, 0) is 31.2 Å². The van der Waals surface area contributed by atoms with Gasteiger partial charge in [0, 0.05) is 24.5 Å². The Bertz CT molecular complexity index is 580. The van der Waals surface area contributed by atoms with Crippen LogP contribution in [-0.4, -0.2) is 44.2 Å². The number of carboxylic acids is 2. The molecule has 0 aromatic carbocycles. The molecule has 128 valence electrons. The predicted molar refractivity (Wildman–Crippen MR) is 88.5 cm³/mol. The van der Waals surface area contributed by atoms with Gasteiger partial charge in [0.25, 0.3) is 0 Å². The number of pyridine rings is 2. The topological polar surface area (TPSA) is 138 Å². The maximum absolute atomic E-state index is 10.4. The number of nitrogens with zero attached hydrogens (tertiary/aromatic N) is 2. The second-order valence-electron chi connectivity index (χ2n) is 4.89. The molecule has 0 unspecified atom stereocenters. The van der Waals surface area contributed by atoms with Crippen molar-refractivity contribution in [1.29, 1.82) is 0 Å². The molecule has 8 nitrogen and oxygen atoms in total. The summed E-state index contributed by atoms with van der Waals surface area (Å²) in [7, 11) is 0. The second kappa shape index (κ2) is 9.90. The van der Waals surface area contributed by atoms with Gasteiger partial charge in [0.15, 0.2) is 0 Å². The van der Waals surface area contributed by atoms with E-state index in [2.05, 4.69) is 15.3 Å². The summed E-state index contributed by atoms with van der Waals surface area (Å²) in [5, 5.41) is 19.8. The summed E-state index contributed by atoms with van der Waals surface area (Å²) < 4.78 is 0. The van der Waals surface area contributed by atoms with Gasteiger partial charge < -0.3 is 21.3 Å². The first-order chi connectivity index (χ1) is 11.4. The van der Waals surface area contributed by atoms with Crippen LogP contribution in [0.4, 0.5) is 5.82 Å². The highest BCUT2D eigenvalue weighted by Gasteiger charge is 2.12. The Morgan fingerprint density at radius 2 is 1.71 bits per heavy atom. The van der Waals surface area contributed by atoms with Crippen LogP contribution >= 0.6 is 0 Å². The van der Waals surface area contributed by atoms with E-state index in [9.17, 15) is 9.59 Å². The van der Waals surface area contributed by atoms with Crippen LogP contribution in [0.3, 0.4) is 0 Å². The van der Waals surface area contributed by atoms with Crippen LogP contribution in [0.2, 0.25) is 0 Å². The first kappa shape index (κ1) is 19.0. The molecular weight excluding hydrogens is 312 g/mol. The predicted octanol–water partition coefficient (Wildman–Crippen LogP) is 1.00. The molecule has 2 rings (SSSR count). The molecule has 0 aliphatic heterocycles. The zero-order chi connectivity index (χ0) is 17.9. The highest BCUT2D eigenvalue weighted by atomic mass is 16.4. The van der Waals surface area contributed by atoms with Crippen molar-refractivity contribution < 1.29 is 19.8 Å². The molecule has 2 atom stereocenters. The smallest absolute Gasteiger partial charge is 0.325 e. The fourth-order valence-electron chi connectivity index (χ4n) is 1.56. The van der Waals surface area contributed by atoms with Gasteiger partial charge in [0.2, 0.25) is 0 Å². The fourth-order valence-corrected chi connectivity index (χ4v) is 1.56. The highest BCUT2D eigenvalue weighted by Crippen LogP contribution is 2.01. The number of aliphatic carboxylic acids is 2. The van der Waals surface area contributed by atoms with Crippen molar-refractivity contribution in [3.05, 3.63) is 54.5 Å². The monoisotopic (exact) mass is 332 g/mol. The van der Waals surface area contributed by atoms with E-state index in [0.717, 1.165) is 0 Å². The van der Waals surface area contributed by atoms with Crippen LogP contribution in [0.1, 0.15) is 12.6 Å². The number of anilines is 1. The van der Waals surface area contributed by atoms with Crippen molar-refractivity contribution >= 4 is 17.8 Å². The molecule has 24 heavy (non-hydrogen) atoms. The summed E-state index contributed by atoms with van der Waals surface area (Å²) in [5.74, 6) is -1.31.